The lowest BCUT2D eigenvalue weighted by Gasteiger charge is -2.33. The van der Waals surface area contributed by atoms with Crippen LogP contribution in [0.25, 0.3) is 0 Å². The van der Waals surface area contributed by atoms with E-state index in [9.17, 15) is 5.26 Å². The highest BCUT2D eigenvalue weighted by atomic mass is 32.1. The van der Waals surface area contributed by atoms with E-state index < -0.39 is 0 Å². The van der Waals surface area contributed by atoms with Crippen LogP contribution in [0.1, 0.15) is 53.6 Å². The SMILES string of the molecule is Cc1ccsc1C=Nc1sc2c(c1C#N)CC[C@H](C(C)(C)C)C2. The van der Waals surface area contributed by atoms with Crippen LogP contribution in [0.15, 0.2) is 16.4 Å². The molecule has 0 spiro atoms. The highest BCUT2D eigenvalue weighted by molar-refractivity contribution is 7.16. The Bertz CT molecular complexity index is 781. The van der Waals surface area contributed by atoms with Crippen LogP contribution < -0.4 is 0 Å². The first-order chi connectivity index (χ1) is 10.9. The van der Waals surface area contributed by atoms with Crippen molar-refractivity contribution in [2.24, 2.45) is 16.3 Å². The molecular formula is C19H22N2S2. The fourth-order valence-corrected chi connectivity index (χ4v) is 5.16. The smallest absolute Gasteiger partial charge is 0.134 e. The van der Waals surface area contributed by atoms with Crippen molar-refractivity contribution >= 4 is 33.9 Å². The molecule has 0 saturated carbocycles. The molecule has 4 heteroatoms. The van der Waals surface area contributed by atoms with Gasteiger partial charge in [0.1, 0.15) is 11.1 Å². The normalized spacial score (nSPS) is 18.1. The summed E-state index contributed by atoms with van der Waals surface area (Å²) in [5, 5.41) is 12.6. The molecule has 3 rings (SSSR count). The number of hydrogen-bond acceptors (Lipinski definition) is 4. The third-order valence-corrected chi connectivity index (χ3v) is 6.90. The van der Waals surface area contributed by atoms with Crippen molar-refractivity contribution in [2.75, 3.05) is 0 Å². The van der Waals surface area contributed by atoms with Crippen LogP contribution in [-0.4, -0.2) is 6.21 Å². The van der Waals surface area contributed by atoms with Crippen LogP contribution in [0.5, 0.6) is 0 Å². The number of aryl methyl sites for hydroxylation is 1. The van der Waals surface area contributed by atoms with Crippen molar-refractivity contribution in [1.82, 2.24) is 0 Å². The number of rotatable bonds is 2. The number of nitriles is 1. The molecule has 0 bridgehead atoms. The molecule has 0 unspecified atom stereocenters. The molecule has 0 amide bonds. The van der Waals surface area contributed by atoms with Crippen molar-refractivity contribution in [3.05, 3.63) is 37.9 Å². The van der Waals surface area contributed by atoms with Gasteiger partial charge in [-0.05, 0) is 60.1 Å². The fraction of sp³-hybridized carbons (Fsp3) is 0.474. The van der Waals surface area contributed by atoms with E-state index >= 15 is 0 Å². The maximum absolute atomic E-state index is 9.59. The standard InChI is InChI=1S/C19H22N2S2/c1-12-7-8-22-17(12)11-21-18-15(10-20)14-6-5-13(19(2,3)4)9-16(14)23-18/h7-8,11,13H,5-6,9H2,1-4H3/t13-/m0/s1. The minimum atomic E-state index is 0.325. The van der Waals surface area contributed by atoms with Gasteiger partial charge in [0.2, 0.25) is 0 Å². The van der Waals surface area contributed by atoms with Gasteiger partial charge in [0.15, 0.2) is 0 Å². The maximum Gasteiger partial charge on any atom is 0.134 e. The van der Waals surface area contributed by atoms with Gasteiger partial charge in [-0.1, -0.05) is 20.8 Å². The third kappa shape index (κ3) is 3.27. The van der Waals surface area contributed by atoms with Gasteiger partial charge in [0, 0.05) is 16.0 Å². The monoisotopic (exact) mass is 342 g/mol. The van der Waals surface area contributed by atoms with Gasteiger partial charge in [-0.25, -0.2) is 4.99 Å². The Morgan fingerprint density at radius 3 is 2.78 bits per heavy atom. The van der Waals surface area contributed by atoms with Crippen LogP contribution in [-0.2, 0) is 12.8 Å². The Morgan fingerprint density at radius 1 is 1.39 bits per heavy atom. The zero-order valence-corrected chi connectivity index (χ0v) is 15.8. The molecule has 0 saturated heterocycles. The molecule has 2 aromatic heterocycles. The van der Waals surface area contributed by atoms with Crippen molar-refractivity contribution in [1.29, 1.82) is 5.26 Å². The summed E-state index contributed by atoms with van der Waals surface area (Å²) in [6, 6.07) is 4.50. The summed E-state index contributed by atoms with van der Waals surface area (Å²) >= 11 is 3.41. The van der Waals surface area contributed by atoms with Crippen LogP contribution in [0.2, 0.25) is 0 Å². The number of fused-ring (bicyclic) bond motifs is 1. The average molecular weight is 343 g/mol. The summed E-state index contributed by atoms with van der Waals surface area (Å²) < 4.78 is 0. The van der Waals surface area contributed by atoms with Crippen LogP contribution in [0.4, 0.5) is 5.00 Å². The lowest BCUT2D eigenvalue weighted by Crippen LogP contribution is -2.26. The highest BCUT2D eigenvalue weighted by Crippen LogP contribution is 2.44. The number of thiophene rings is 2. The van der Waals surface area contributed by atoms with E-state index in [1.165, 1.54) is 27.3 Å². The predicted octanol–water partition coefficient (Wildman–Crippen LogP) is 5.89. The Labute approximate surface area is 146 Å². The number of hydrogen-bond donors (Lipinski definition) is 0. The quantitative estimate of drug-likeness (QED) is 0.627. The van der Waals surface area contributed by atoms with E-state index in [0.29, 0.717) is 11.3 Å². The molecule has 1 aliphatic carbocycles. The molecule has 2 heterocycles. The molecule has 2 nitrogen and oxygen atoms in total. The second kappa shape index (κ2) is 6.22. The van der Waals surface area contributed by atoms with Gasteiger partial charge in [0.05, 0.1) is 5.56 Å². The lowest BCUT2D eigenvalue weighted by atomic mass is 9.72. The minimum absolute atomic E-state index is 0.325. The van der Waals surface area contributed by atoms with E-state index in [0.717, 1.165) is 23.4 Å². The fourth-order valence-electron chi connectivity index (χ4n) is 3.15. The molecule has 1 atom stereocenters. The number of nitrogens with zero attached hydrogens (tertiary/aromatic N) is 2. The first-order valence-electron chi connectivity index (χ1n) is 8.03. The molecule has 23 heavy (non-hydrogen) atoms. The van der Waals surface area contributed by atoms with E-state index in [-0.39, 0.29) is 0 Å². The van der Waals surface area contributed by atoms with E-state index in [2.05, 4.69) is 50.2 Å². The van der Waals surface area contributed by atoms with Crippen molar-refractivity contribution in [2.45, 2.75) is 47.0 Å². The molecule has 120 valence electrons. The summed E-state index contributed by atoms with van der Waals surface area (Å²) in [6.45, 7) is 9.05. The van der Waals surface area contributed by atoms with E-state index in [1.807, 2.05) is 6.21 Å². The number of aliphatic imine (C=N–C) groups is 1. The van der Waals surface area contributed by atoms with Gasteiger partial charge in [0.25, 0.3) is 0 Å². The summed E-state index contributed by atoms with van der Waals surface area (Å²) in [4.78, 5) is 7.21. The summed E-state index contributed by atoms with van der Waals surface area (Å²) in [5.41, 5.74) is 3.63. The van der Waals surface area contributed by atoms with Gasteiger partial charge in [-0.3, -0.25) is 0 Å². The molecule has 1 aliphatic rings. The van der Waals surface area contributed by atoms with Crippen molar-refractivity contribution in [3.8, 4) is 6.07 Å². The first-order valence-corrected chi connectivity index (χ1v) is 9.72. The van der Waals surface area contributed by atoms with Crippen LogP contribution >= 0.6 is 22.7 Å². The van der Waals surface area contributed by atoms with Gasteiger partial charge >= 0.3 is 0 Å². The second-order valence-corrected chi connectivity index (χ2v) is 9.36. The first kappa shape index (κ1) is 16.4. The lowest BCUT2D eigenvalue weighted by molar-refractivity contribution is 0.218. The van der Waals surface area contributed by atoms with Crippen LogP contribution in [0, 0.1) is 29.6 Å². The third-order valence-electron chi connectivity index (χ3n) is 4.78. The average Bonchev–Trinajstić information content (AvgIpc) is 3.06. The molecule has 0 radical (unpaired) electrons. The summed E-state index contributed by atoms with van der Waals surface area (Å²) in [6.07, 6.45) is 5.20. The Balaban J connectivity index is 1.92. The zero-order chi connectivity index (χ0) is 16.6. The molecule has 2 aromatic rings. The topological polar surface area (TPSA) is 36.1 Å². The Kier molecular flexibility index (Phi) is 4.44. The summed E-state index contributed by atoms with van der Waals surface area (Å²) in [5.74, 6) is 0.691. The van der Waals surface area contributed by atoms with Gasteiger partial charge < -0.3 is 0 Å². The Hall–Kier alpha value is -1.44. The summed E-state index contributed by atoms with van der Waals surface area (Å²) in [7, 11) is 0. The van der Waals surface area contributed by atoms with Gasteiger partial charge in [-0.2, -0.15) is 5.26 Å². The van der Waals surface area contributed by atoms with Gasteiger partial charge in [-0.15, -0.1) is 22.7 Å². The molecule has 0 N–H and O–H groups in total. The predicted molar refractivity (Wildman–Crippen MR) is 100 cm³/mol. The van der Waals surface area contributed by atoms with Crippen molar-refractivity contribution in [3.63, 3.8) is 0 Å². The largest absolute Gasteiger partial charge is 0.243 e. The minimum Gasteiger partial charge on any atom is -0.243 e. The Morgan fingerprint density at radius 2 is 2.17 bits per heavy atom. The maximum atomic E-state index is 9.59. The van der Waals surface area contributed by atoms with E-state index in [4.69, 9.17) is 0 Å². The molecular weight excluding hydrogens is 320 g/mol. The highest BCUT2D eigenvalue weighted by Gasteiger charge is 2.32. The van der Waals surface area contributed by atoms with Crippen molar-refractivity contribution < 1.29 is 0 Å². The van der Waals surface area contributed by atoms with E-state index in [1.54, 1.807) is 22.7 Å². The molecule has 0 aliphatic heterocycles. The second-order valence-electron chi connectivity index (χ2n) is 7.33. The zero-order valence-electron chi connectivity index (χ0n) is 14.1. The van der Waals surface area contributed by atoms with Crippen LogP contribution in [0.3, 0.4) is 0 Å². The molecule has 0 aromatic carbocycles. The molecule has 0 fully saturated rings.